The molecule has 0 spiro atoms. The molecule has 1 aromatic heterocycles. The van der Waals surface area contributed by atoms with Gasteiger partial charge in [0.1, 0.15) is 22.5 Å². The van der Waals surface area contributed by atoms with Gasteiger partial charge in [-0.05, 0) is 24.3 Å². The first-order valence-electron chi connectivity index (χ1n) is 5.37. The molecule has 0 radical (unpaired) electrons. The van der Waals surface area contributed by atoms with E-state index in [0.717, 1.165) is 6.07 Å². The van der Waals surface area contributed by atoms with E-state index in [9.17, 15) is 9.18 Å². The van der Waals surface area contributed by atoms with Crippen molar-refractivity contribution in [3.8, 4) is 5.75 Å². The molecule has 0 aliphatic rings. The number of ether oxygens (including phenoxy) is 1. The Kier molecular flexibility index (Phi) is 3.97. The van der Waals surface area contributed by atoms with E-state index in [1.165, 1.54) is 19.2 Å². The van der Waals surface area contributed by atoms with Gasteiger partial charge in [-0.25, -0.2) is 9.37 Å². The van der Waals surface area contributed by atoms with E-state index in [4.69, 9.17) is 16.3 Å². The van der Waals surface area contributed by atoms with Gasteiger partial charge in [-0.15, -0.1) is 0 Å². The highest BCUT2D eigenvalue weighted by molar-refractivity contribution is 6.29. The first kappa shape index (κ1) is 13.3. The highest BCUT2D eigenvalue weighted by atomic mass is 35.5. The number of nitrogens with one attached hydrogen (secondary N) is 1. The summed E-state index contributed by atoms with van der Waals surface area (Å²) in [5.41, 5.74) is -0.0948. The number of nitrogens with zero attached hydrogens (tertiary/aromatic N) is 1. The molecule has 2 rings (SSSR count). The molecule has 0 saturated carbocycles. The van der Waals surface area contributed by atoms with Gasteiger partial charge < -0.3 is 10.1 Å². The van der Waals surface area contributed by atoms with Crippen LogP contribution < -0.4 is 10.1 Å². The Morgan fingerprint density at radius 3 is 2.79 bits per heavy atom. The molecule has 1 amide bonds. The standard InChI is InChI=1S/C13H10ClFN2O2/c1-19-8-5-6-9(10(15)7-8)13(18)17-12-4-2-3-11(14)16-12/h2-7H,1H3,(H,16,17,18). The summed E-state index contributed by atoms with van der Waals surface area (Å²) in [4.78, 5) is 15.8. The average Bonchev–Trinajstić information content (AvgIpc) is 2.38. The zero-order valence-corrected chi connectivity index (χ0v) is 10.7. The third kappa shape index (κ3) is 3.20. The van der Waals surface area contributed by atoms with Gasteiger partial charge in [0.05, 0.1) is 12.7 Å². The molecular formula is C13H10ClFN2O2. The summed E-state index contributed by atoms with van der Waals surface area (Å²) in [7, 11) is 1.42. The summed E-state index contributed by atoms with van der Waals surface area (Å²) < 4.78 is 18.5. The summed E-state index contributed by atoms with van der Waals surface area (Å²) in [6, 6.07) is 8.75. The monoisotopic (exact) mass is 280 g/mol. The van der Waals surface area contributed by atoms with Gasteiger partial charge in [0.25, 0.3) is 5.91 Å². The molecule has 1 N–H and O–H groups in total. The van der Waals surface area contributed by atoms with Crippen LogP contribution >= 0.6 is 11.6 Å². The second-order valence-corrected chi connectivity index (χ2v) is 4.03. The predicted molar refractivity (Wildman–Crippen MR) is 70.2 cm³/mol. The molecule has 0 bridgehead atoms. The first-order valence-corrected chi connectivity index (χ1v) is 5.75. The van der Waals surface area contributed by atoms with Crippen LogP contribution in [-0.4, -0.2) is 18.0 Å². The lowest BCUT2D eigenvalue weighted by molar-refractivity contribution is 0.102. The Labute approximate surface area is 114 Å². The Morgan fingerprint density at radius 2 is 2.16 bits per heavy atom. The molecule has 1 heterocycles. The third-order valence-electron chi connectivity index (χ3n) is 2.38. The number of methoxy groups -OCH3 is 1. The minimum absolute atomic E-state index is 0.0948. The van der Waals surface area contributed by atoms with Gasteiger partial charge >= 0.3 is 0 Å². The number of rotatable bonds is 3. The zero-order valence-electron chi connectivity index (χ0n) is 9.98. The second kappa shape index (κ2) is 5.67. The molecule has 1 aromatic carbocycles. The Morgan fingerprint density at radius 1 is 1.37 bits per heavy atom. The van der Waals surface area contributed by atoms with Crippen molar-refractivity contribution < 1.29 is 13.9 Å². The fourth-order valence-electron chi connectivity index (χ4n) is 1.47. The van der Waals surface area contributed by atoms with Crippen molar-refractivity contribution in [3.63, 3.8) is 0 Å². The fraction of sp³-hybridized carbons (Fsp3) is 0.0769. The molecule has 0 aliphatic heterocycles. The topological polar surface area (TPSA) is 51.2 Å². The molecule has 2 aromatic rings. The lowest BCUT2D eigenvalue weighted by atomic mass is 10.2. The van der Waals surface area contributed by atoms with Gasteiger partial charge in [-0.3, -0.25) is 4.79 Å². The molecule has 0 saturated heterocycles. The highest BCUT2D eigenvalue weighted by Gasteiger charge is 2.13. The van der Waals surface area contributed by atoms with E-state index in [2.05, 4.69) is 10.3 Å². The van der Waals surface area contributed by atoms with Gasteiger partial charge in [-0.1, -0.05) is 17.7 Å². The normalized spacial score (nSPS) is 10.1. The van der Waals surface area contributed by atoms with Crippen LogP contribution in [0.4, 0.5) is 10.2 Å². The fourth-order valence-corrected chi connectivity index (χ4v) is 1.63. The maximum Gasteiger partial charge on any atom is 0.259 e. The second-order valence-electron chi connectivity index (χ2n) is 3.65. The molecule has 0 atom stereocenters. The van der Waals surface area contributed by atoms with Crippen molar-refractivity contribution in [1.29, 1.82) is 0 Å². The Hall–Kier alpha value is -2.14. The van der Waals surface area contributed by atoms with E-state index in [0.29, 0.717) is 5.75 Å². The molecule has 0 unspecified atom stereocenters. The summed E-state index contributed by atoms with van der Waals surface area (Å²) in [5, 5.41) is 2.71. The molecule has 4 nitrogen and oxygen atoms in total. The average molecular weight is 281 g/mol. The zero-order chi connectivity index (χ0) is 13.8. The van der Waals surface area contributed by atoms with Crippen molar-refractivity contribution in [1.82, 2.24) is 4.98 Å². The van der Waals surface area contributed by atoms with Crippen molar-refractivity contribution >= 4 is 23.3 Å². The summed E-state index contributed by atoms with van der Waals surface area (Å²) in [6.07, 6.45) is 0. The van der Waals surface area contributed by atoms with Gasteiger partial charge in [-0.2, -0.15) is 0 Å². The van der Waals surface area contributed by atoms with Crippen LogP contribution in [0.15, 0.2) is 36.4 Å². The minimum Gasteiger partial charge on any atom is -0.497 e. The number of anilines is 1. The largest absolute Gasteiger partial charge is 0.497 e. The van der Waals surface area contributed by atoms with E-state index in [1.807, 2.05) is 0 Å². The summed E-state index contributed by atoms with van der Waals surface area (Å²) in [5.74, 6) is -0.670. The number of benzene rings is 1. The maximum absolute atomic E-state index is 13.7. The molecule has 6 heteroatoms. The number of halogens is 2. The predicted octanol–water partition coefficient (Wildman–Crippen LogP) is 3.14. The molecule has 19 heavy (non-hydrogen) atoms. The van der Waals surface area contributed by atoms with Crippen molar-refractivity contribution in [2.45, 2.75) is 0 Å². The number of carbonyl (C=O) groups is 1. The minimum atomic E-state index is -0.668. The highest BCUT2D eigenvalue weighted by Crippen LogP contribution is 2.17. The Bertz CT molecular complexity index is 619. The molecule has 0 fully saturated rings. The number of hydrogen-bond acceptors (Lipinski definition) is 3. The van der Waals surface area contributed by atoms with Crippen LogP contribution in [0, 0.1) is 5.82 Å². The van der Waals surface area contributed by atoms with Crippen LogP contribution in [0.25, 0.3) is 0 Å². The molecule has 0 aliphatic carbocycles. The van der Waals surface area contributed by atoms with Gasteiger partial charge in [0.2, 0.25) is 0 Å². The lowest BCUT2D eigenvalue weighted by Gasteiger charge is -2.07. The number of hydrogen-bond donors (Lipinski definition) is 1. The van der Waals surface area contributed by atoms with E-state index < -0.39 is 11.7 Å². The molecule has 98 valence electrons. The number of carbonyl (C=O) groups excluding carboxylic acids is 1. The smallest absolute Gasteiger partial charge is 0.259 e. The van der Waals surface area contributed by atoms with E-state index in [1.54, 1.807) is 18.2 Å². The van der Waals surface area contributed by atoms with Crippen LogP contribution in [0.2, 0.25) is 5.15 Å². The van der Waals surface area contributed by atoms with Gasteiger partial charge in [0, 0.05) is 6.07 Å². The molecular weight excluding hydrogens is 271 g/mol. The summed E-state index contributed by atoms with van der Waals surface area (Å²) in [6.45, 7) is 0. The number of pyridine rings is 1. The maximum atomic E-state index is 13.7. The van der Waals surface area contributed by atoms with Gasteiger partial charge in [0.15, 0.2) is 0 Å². The van der Waals surface area contributed by atoms with E-state index in [-0.39, 0.29) is 16.5 Å². The quantitative estimate of drug-likeness (QED) is 0.879. The van der Waals surface area contributed by atoms with Crippen LogP contribution in [-0.2, 0) is 0 Å². The van der Waals surface area contributed by atoms with Crippen molar-refractivity contribution in [2.24, 2.45) is 0 Å². The van der Waals surface area contributed by atoms with E-state index >= 15 is 0 Å². The summed E-state index contributed by atoms with van der Waals surface area (Å²) >= 11 is 5.69. The number of amides is 1. The van der Waals surface area contributed by atoms with Crippen LogP contribution in [0.1, 0.15) is 10.4 Å². The number of aromatic nitrogens is 1. The third-order valence-corrected chi connectivity index (χ3v) is 2.59. The van der Waals surface area contributed by atoms with Crippen LogP contribution in [0.5, 0.6) is 5.75 Å². The van der Waals surface area contributed by atoms with Crippen molar-refractivity contribution in [3.05, 3.63) is 52.9 Å². The SMILES string of the molecule is COc1ccc(C(=O)Nc2cccc(Cl)n2)c(F)c1. The Balaban J connectivity index is 2.20. The lowest BCUT2D eigenvalue weighted by Crippen LogP contribution is -2.14. The van der Waals surface area contributed by atoms with Crippen molar-refractivity contribution in [2.75, 3.05) is 12.4 Å². The van der Waals surface area contributed by atoms with Crippen LogP contribution in [0.3, 0.4) is 0 Å². The first-order chi connectivity index (χ1) is 9.10.